The topological polar surface area (TPSA) is 90.5 Å². The number of aromatic nitrogens is 4. The van der Waals surface area contributed by atoms with Crippen molar-refractivity contribution in [3.05, 3.63) is 106 Å². The molecule has 5 aromatic rings. The number of nitrogens with one attached hydrogen (secondary N) is 1. The maximum atomic E-state index is 13.3. The lowest BCUT2D eigenvalue weighted by atomic mass is 10.1. The van der Waals surface area contributed by atoms with Crippen LogP contribution < -0.4 is 15.6 Å². The molecular formula is C25H21N5O3. The second-order valence-electron chi connectivity index (χ2n) is 7.62. The average molecular weight is 439 g/mol. The highest BCUT2D eigenvalue weighted by atomic mass is 16.5. The van der Waals surface area contributed by atoms with Gasteiger partial charge in [-0.3, -0.25) is 14.6 Å². The van der Waals surface area contributed by atoms with Crippen LogP contribution in [0.5, 0.6) is 5.75 Å². The number of nitrogens with zero attached hydrogens (tertiary/aromatic N) is 4. The maximum Gasteiger partial charge on any atom is 0.277 e. The van der Waals surface area contributed by atoms with E-state index >= 15 is 0 Å². The quantitative estimate of drug-likeness (QED) is 0.439. The minimum Gasteiger partial charge on any atom is -0.497 e. The van der Waals surface area contributed by atoms with Crippen molar-refractivity contribution >= 4 is 22.5 Å². The Hall–Kier alpha value is -4.46. The molecule has 0 saturated carbocycles. The van der Waals surface area contributed by atoms with Crippen molar-refractivity contribution in [1.29, 1.82) is 0 Å². The van der Waals surface area contributed by atoms with E-state index in [0.29, 0.717) is 35.4 Å². The van der Waals surface area contributed by atoms with Gasteiger partial charge in [0.2, 0.25) is 0 Å². The standard InChI is InChI=1S/C25H21N5O3/c1-33-20-6-2-4-17(12-20)16-29-23-13-19(24(31)27-15-18-5-3-10-26-14-18)7-8-21(23)30-22(25(29)32)9-11-28-30/h2-14H,15-16H2,1H3,(H,27,31). The molecule has 164 valence electrons. The molecule has 0 saturated heterocycles. The fourth-order valence-electron chi connectivity index (χ4n) is 3.86. The molecule has 3 heterocycles. The number of benzene rings is 2. The zero-order chi connectivity index (χ0) is 22.8. The van der Waals surface area contributed by atoms with Crippen LogP contribution in [0.15, 0.2) is 84.0 Å². The third-order valence-electron chi connectivity index (χ3n) is 5.51. The summed E-state index contributed by atoms with van der Waals surface area (Å²) in [5.74, 6) is 0.479. The molecule has 5 rings (SSSR count). The van der Waals surface area contributed by atoms with Crippen molar-refractivity contribution in [3.63, 3.8) is 0 Å². The highest BCUT2D eigenvalue weighted by molar-refractivity contribution is 5.97. The molecule has 0 unspecified atom stereocenters. The van der Waals surface area contributed by atoms with Gasteiger partial charge < -0.3 is 14.6 Å². The largest absolute Gasteiger partial charge is 0.497 e. The highest BCUT2D eigenvalue weighted by Crippen LogP contribution is 2.19. The van der Waals surface area contributed by atoms with E-state index in [1.165, 1.54) is 0 Å². The van der Waals surface area contributed by atoms with Gasteiger partial charge in [-0.15, -0.1) is 0 Å². The summed E-state index contributed by atoms with van der Waals surface area (Å²) < 4.78 is 8.60. The molecule has 0 aliphatic carbocycles. The fraction of sp³-hybridized carbons (Fsp3) is 0.120. The molecule has 0 bridgehead atoms. The molecule has 1 N–H and O–H groups in total. The van der Waals surface area contributed by atoms with E-state index in [1.807, 2.05) is 42.5 Å². The first kappa shape index (κ1) is 20.4. The summed E-state index contributed by atoms with van der Waals surface area (Å²) in [6.45, 7) is 0.689. The van der Waals surface area contributed by atoms with Crippen LogP contribution in [0.1, 0.15) is 21.5 Å². The molecule has 3 aromatic heterocycles. The van der Waals surface area contributed by atoms with Crippen LogP contribution in [0.4, 0.5) is 0 Å². The van der Waals surface area contributed by atoms with Crippen LogP contribution in [0.3, 0.4) is 0 Å². The van der Waals surface area contributed by atoms with Gasteiger partial charge in [0.1, 0.15) is 11.3 Å². The summed E-state index contributed by atoms with van der Waals surface area (Å²) in [6.07, 6.45) is 4.99. The fourth-order valence-corrected chi connectivity index (χ4v) is 3.86. The Labute approximate surface area is 189 Å². The summed E-state index contributed by atoms with van der Waals surface area (Å²) in [4.78, 5) is 30.2. The van der Waals surface area contributed by atoms with E-state index in [-0.39, 0.29) is 11.5 Å². The summed E-state index contributed by atoms with van der Waals surface area (Å²) in [5.41, 5.74) is 3.91. The van der Waals surface area contributed by atoms with Crippen molar-refractivity contribution in [2.45, 2.75) is 13.1 Å². The van der Waals surface area contributed by atoms with E-state index in [4.69, 9.17) is 4.74 Å². The number of rotatable bonds is 6. The third kappa shape index (κ3) is 3.94. The Kier molecular flexibility index (Phi) is 5.32. The number of carbonyl (C=O) groups excluding carboxylic acids is 1. The van der Waals surface area contributed by atoms with Crippen LogP contribution in [-0.2, 0) is 13.1 Å². The summed E-state index contributed by atoms with van der Waals surface area (Å²) >= 11 is 0. The Morgan fingerprint density at radius 3 is 2.67 bits per heavy atom. The third-order valence-corrected chi connectivity index (χ3v) is 5.51. The molecule has 0 aliphatic rings. The van der Waals surface area contributed by atoms with Gasteiger partial charge in [0.25, 0.3) is 11.5 Å². The van der Waals surface area contributed by atoms with Crippen LogP contribution in [0.25, 0.3) is 16.6 Å². The van der Waals surface area contributed by atoms with Crippen molar-refractivity contribution in [3.8, 4) is 5.75 Å². The summed E-state index contributed by atoms with van der Waals surface area (Å²) in [5, 5.41) is 7.22. The van der Waals surface area contributed by atoms with Crippen molar-refractivity contribution in [2.75, 3.05) is 7.11 Å². The van der Waals surface area contributed by atoms with Gasteiger partial charge in [-0.1, -0.05) is 18.2 Å². The molecule has 2 aromatic carbocycles. The van der Waals surface area contributed by atoms with E-state index in [9.17, 15) is 9.59 Å². The predicted molar refractivity (Wildman–Crippen MR) is 124 cm³/mol. The SMILES string of the molecule is COc1cccc(Cn2c(=O)c3ccnn3c3ccc(C(=O)NCc4cccnc4)cc32)c1. The van der Waals surface area contributed by atoms with Gasteiger partial charge >= 0.3 is 0 Å². The first-order valence-electron chi connectivity index (χ1n) is 10.4. The van der Waals surface area contributed by atoms with E-state index < -0.39 is 0 Å². The number of amides is 1. The van der Waals surface area contributed by atoms with Gasteiger partial charge in [0.15, 0.2) is 0 Å². The lowest BCUT2D eigenvalue weighted by molar-refractivity contribution is 0.0951. The normalized spacial score (nSPS) is 11.1. The molecular weight excluding hydrogens is 418 g/mol. The number of pyridine rings is 1. The number of methoxy groups -OCH3 is 1. The molecule has 0 spiro atoms. The Morgan fingerprint density at radius 2 is 1.85 bits per heavy atom. The lowest BCUT2D eigenvalue weighted by Crippen LogP contribution is -2.25. The second-order valence-corrected chi connectivity index (χ2v) is 7.62. The van der Waals surface area contributed by atoms with E-state index in [1.54, 1.807) is 53.0 Å². The van der Waals surface area contributed by atoms with E-state index in [2.05, 4.69) is 15.4 Å². The highest BCUT2D eigenvalue weighted by Gasteiger charge is 2.15. The number of hydrogen-bond acceptors (Lipinski definition) is 5. The average Bonchev–Trinajstić information content (AvgIpc) is 3.36. The summed E-state index contributed by atoms with van der Waals surface area (Å²) in [7, 11) is 1.61. The molecule has 0 aliphatic heterocycles. The first-order chi connectivity index (χ1) is 16.1. The van der Waals surface area contributed by atoms with Gasteiger partial charge in [0, 0.05) is 24.5 Å². The number of fused-ring (bicyclic) bond motifs is 3. The Balaban J connectivity index is 1.57. The van der Waals surface area contributed by atoms with Crippen molar-refractivity contribution in [2.24, 2.45) is 0 Å². The van der Waals surface area contributed by atoms with Crippen molar-refractivity contribution < 1.29 is 9.53 Å². The first-order valence-corrected chi connectivity index (χ1v) is 10.4. The Morgan fingerprint density at radius 1 is 0.970 bits per heavy atom. The minimum absolute atomic E-state index is 0.185. The number of hydrogen-bond donors (Lipinski definition) is 1. The maximum absolute atomic E-state index is 13.3. The van der Waals surface area contributed by atoms with Gasteiger partial charge in [-0.05, 0) is 53.6 Å². The Bertz CT molecular complexity index is 1520. The summed E-state index contributed by atoms with van der Waals surface area (Å²) in [6, 6.07) is 18.3. The molecule has 1 amide bonds. The molecule has 8 nitrogen and oxygen atoms in total. The molecule has 33 heavy (non-hydrogen) atoms. The van der Waals surface area contributed by atoms with Crippen LogP contribution in [0, 0.1) is 0 Å². The van der Waals surface area contributed by atoms with Crippen molar-refractivity contribution in [1.82, 2.24) is 24.5 Å². The zero-order valence-electron chi connectivity index (χ0n) is 17.9. The number of ether oxygens (including phenoxy) is 1. The lowest BCUT2D eigenvalue weighted by Gasteiger charge is -2.14. The van der Waals surface area contributed by atoms with Gasteiger partial charge in [-0.2, -0.15) is 5.10 Å². The molecule has 0 radical (unpaired) electrons. The van der Waals surface area contributed by atoms with Gasteiger partial charge in [0.05, 0.1) is 30.9 Å². The molecule has 8 heteroatoms. The minimum atomic E-state index is -0.235. The monoisotopic (exact) mass is 439 g/mol. The zero-order valence-corrected chi connectivity index (χ0v) is 17.9. The number of carbonyl (C=O) groups is 1. The molecule has 0 fully saturated rings. The van der Waals surface area contributed by atoms with Crippen LogP contribution in [0.2, 0.25) is 0 Å². The van der Waals surface area contributed by atoms with Gasteiger partial charge in [-0.25, -0.2) is 4.52 Å². The van der Waals surface area contributed by atoms with Crippen LogP contribution in [-0.4, -0.2) is 32.2 Å². The molecule has 0 atom stereocenters. The smallest absolute Gasteiger partial charge is 0.277 e. The van der Waals surface area contributed by atoms with Crippen LogP contribution >= 0.6 is 0 Å². The predicted octanol–water partition coefficient (Wildman–Crippen LogP) is 3.03. The van der Waals surface area contributed by atoms with E-state index in [0.717, 1.165) is 16.6 Å². The second kappa shape index (κ2) is 8.58.